The number of halogens is 4. The number of nitrogens with zero attached hydrogens (tertiary/aromatic N) is 7. The highest BCUT2D eigenvalue weighted by molar-refractivity contribution is 5.96. The van der Waals surface area contributed by atoms with E-state index in [1.165, 1.54) is 4.90 Å². The first-order chi connectivity index (χ1) is 19.3. The number of hydrogen-bond donors (Lipinski definition) is 0. The van der Waals surface area contributed by atoms with Gasteiger partial charge in [0.1, 0.15) is 5.82 Å². The van der Waals surface area contributed by atoms with E-state index < -0.39 is 29.0 Å². The third-order valence-corrected chi connectivity index (χ3v) is 7.14. The molecule has 2 aromatic carbocycles. The summed E-state index contributed by atoms with van der Waals surface area (Å²) in [5.41, 5.74) is 1.02. The summed E-state index contributed by atoms with van der Waals surface area (Å²) in [7, 11) is 0. The van der Waals surface area contributed by atoms with E-state index >= 15 is 0 Å². The van der Waals surface area contributed by atoms with Crippen molar-refractivity contribution in [1.82, 2.24) is 24.5 Å². The van der Waals surface area contributed by atoms with Crippen molar-refractivity contribution in [3.63, 3.8) is 0 Å². The molecule has 13 heteroatoms. The number of amides is 1. The second kappa shape index (κ2) is 10.4. The molecular formula is C27H25F4N7O2. The van der Waals surface area contributed by atoms with Gasteiger partial charge < -0.3 is 19.4 Å². The van der Waals surface area contributed by atoms with Crippen molar-refractivity contribution in [2.24, 2.45) is 0 Å². The lowest BCUT2D eigenvalue weighted by atomic mass is 10.0. The summed E-state index contributed by atoms with van der Waals surface area (Å²) in [5.74, 6) is -1.02. The van der Waals surface area contributed by atoms with Crippen LogP contribution in [0.4, 0.5) is 29.2 Å². The van der Waals surface area contributed by atoms with Gasteiger partial charge in [0.25, 0.3) is 11.7 Å². The van der Waals surface area contributed by atoms with Crippen molar-refractivity contribution in [2.75, 3.05) is 62.3 Å². The van der Waals surface area contributed by atoms with E-state index in [0.717, 1.165) is 42.2 Å². The van der Waals surface area contributed by atoms with Crippen molar-refractivity contribution in [1.29, 1.82) is 0 Å². The molecule has 2 aromatic heterocycles. The van der Waals surface area contributed by atoms with E-state index in [1.54, 1.807) is 10.7 Å². The van der Waals surface area contributed by atoms with Crippen LogP contribution >= 0.6 is 0 Å². The normalized spacial score (nSPS) is 16.6. The number of alkyl halides is 3. The molecule has 0 unspecified atom stereocenters. The monoisotopic (exact) mass is 555 g/mol. The number of piperazine rings is 1. The summed E-state index contributed by atoms with van der Waals surface area (Å²) >= 11 is 0. The van der Waals surface area contributed by atoms with E-state index in [2.05, 4.69) is 32.1 Å². The van der Waals surface area contributed by atoms with Gasteiger partial charge in [-0.25, -0.2) is 9.37 Å². The summed E-state index contributed by atoms with van der Waals surface area (Å²) < 4.78 is 60.8. The lowest BCUT2D eigenvalue weighted by molar-refractivity contribution is -0.138. The molecular weight excluding hydrogens is 530 g/mol. The number of carbonyl (C=O) groups excluding carboxylic acids is 1. The Hall–Kier alpha value is -4.26. The van der Waals surface area contributed by atoms with Gasteiger partial charge >= 0.3 is 6.18 Å². The molecule has 208 valence electrons. The second-order valence-corrected chi connectivity index (χ2v) is 9.57. The third kappa shape index (κ3) is 5.04. The fourth-order valence-corrected chi connectivity index (χ4v) is 5.02. The smallest absolute Gasteiger partial charge is 0.378 e. The lowest BCUT2D eigenvalue weighted by Gasteiger charge is -2.34. The van der Waals surface area contributed by atoms with E-state index in [0.29, 0.717) is 44.1 Å². The number of morpholine rings is 1. The van der Waals surface area contributed by atoms with Crippen LogP contribution in [0.2, 0.25) is 0 Å². The van der Waals surface area contributed by atoms with E-state index in [9.17, 15) is 22.4 Å². The van der Waals surface area contributed by atoms with Crippen molar-refractivity contribution in [2.45, 2.75) is 6.18 Å². The Bertz CT molecular complexity index is 1530. The predicted molar refractivity (Wildman–Crippen MR) is 139 cm³/mol. The molecule has 6 rings (SSSR count). The van der Waals surface area contributed by atoms with Gasteiger partial charge in [0.15, 0.2) is 0 Å². The van der Waals surface area contributed by atoms with Gasteiger partial charge in [0, 0.05) is 56.7 Å². The van der Waals surface area contributed by atoms with Gasteiger partial charge in [0.2, 0.25) is 5.95 Å². The molecule has 4 aromatic rings. The van der Waals surface area contributed by atoms with Gasteiger partial charge in [-0.15, -0.1) is 5.10 Å². The Labute approximate surface area is 226 Å². The van der Waals surface area contributed by atoms with Crippen LogP contribution in [0.15, 0.2) is 54.7 Å². The number of fused-ring (bicyclic) bond motifs is 1. The molecule has 2 fully saturated rings. The van der Waals surface area contributed by atoms with Crippen molar-refractivity contribution >= 4 is 23.3 Å². The summed E-state index contributed by atoms with van der Waals surface area (Å²) in [6.45, 7) is 4.05. The average molecular weight is 556 g/mol. The van der Waals surface area contributed by atoms with Gasteiger partial charge in [-0.2, -0.15) is 22.7 Å². The van der Waals surface area contributed by atoms with Crippen LogP contribution in [0, 0.1) is 5.82 Å². The highest BCUT2D eigenvalue weighted by Crippen LogP contribution is 2.33. The molecule has 0 aliphatic carbocycles. The highest BCUT2D eigenvalue weighted by Gasteiger charge is 2.37. The molecule has 40 heavy (non-hydrogen) atoms. The maximum absolute atomic E-state index is 13.5. The number of benzene rings is 2. The van der Waals surface area contributed by atoms with Crippen LogP contribution in [-0.4, -0.2) is 82.9 Å². The summed E-state index contributed by atoms with van der Waals surface area (Å²) in [6.07, 6.45) is -3.18. The summed E-state index contributed by atoms with van der Waals surface area (Å²) in [4.78, 5) is 27.3. The fourth-order valence-electron chi connectivity index (χ4n) is 5.02. The first kappa shape index (κ1) is 26.0. The Morgan fingerprint density at radius 2 is 1.60 bits per heavy atom. The van der Waals surface area contributed by atoms with Gasteiger partial charge in [0.05, 0.1) is 30.0 Å². The van der Waals surface area contributed by atoms with Gasteiger partial charge in [-0.05, 0) is 36.4 Å². The van der Waals surface area contributed by atoms with Crippen LogP contribution < -0.4 is 9.80 Å². The minimum atomic E-state index is -4.84. The zero-order chi connectivity index (χ0) is 27.9. The summed E-state index contributed by atoms with van der Waals surface area (Å²) in [6, 6.07) is 12.1. The van der Waals surface area contributed by atoms with Crippen LogP contribution in [-0.2, 0) is 10.9 Å². The molecule has 2 aliphatic heterocycles. The van der Waals surface area contributed by atoms with Crippen LogP contribution in [0.5, 0.6) is 0 Å². The Morgan fingerprint density at radius 3 is 2.30 bits per heavy atom. The maximum Gasteiger partial charge on any atom is 0.417 e. The molecule has 1 amide bonds. The molecule has 0 bridgehead atoms. The second-order valence-electron chi connectivity index (χ2n) is 9.57. The highest BCUT2D eigenvalue weighted by atomic mass is 19.4. The number of anilines is 2. The molecule has 0 saturated carbocycles. The summed E-state index contributed by atoms with van der Waals surface area (Å²) in [5, 5.41) is 4.66. The number of aromatic nitrogens is 4. The predicted octanol–water partition coefficient (Wildman–Crippen LogP) is 3.75. The average Bonchev–Trinajstić information content (AvgIpc) is 3.42. The lowest BCUT2D eigenvalue weighted by Crippen LogP contribution is -2.49. The van der Waals surface area contributed by atoms with Crippen LogP contribution in [0.3, 0.4) is 0 Å². The molecule has 0 N–H and O–H groups in total. The minimum absolute atomic E-state index is 0.159. The quantitative estimate of drug-likeness (QED) is 0.355. The van der Waals surface area contributed by atoms with Crippen LogP contribution in [0.1, 0.15) is 15.9 Å². The zero-order valence-corrected chi connectivity index (χ0v) is 21.3. The number of hydrogen-bond acceptors (Lipinski definition) is 7. The number of ether oxygens (including phenoxy) is 1. The first-order valence-electron chi connectivity index (χ1n) is 12.8. The van der Waals surface area contributed by atoms with Crippen LogP contribution in [0.25, 0.3) is 17.0 Å². The molecule has 4 heterocycles. The van der Waals surface area contributed by atoms with Crippen molar-refractivity contribution in [3.05, 3.63) is 71.7 Å². The molecule has 0 atom stereocenters. The first-order valence-corrected chi connectivity index (χ1v) is 12.8. The number of rotatable bonds is 4. The third-order valence-electron chi connectivity index (χ3n) is 7.14. The maximum atomic E-state index is 13.5. The van der Waals surface area contributed by atoms with E-state index in [-0.39, 0.29) is 13.1 Å². The SMILES string of the molecule is O=C(c1ccc(F)cc1C(F)(F)F)N1CCN(c2nc3nccc(-c4ccc(N5CCOCC5)cc4)n3n2)CC1. The van der Waals surface area contributed by atoms with Gasteiger partial charge in [-0.1, -0.05) is 12.1 Å². The van der Waals surface area contributed by atoms with E-state index in [4.69, 9.17) is 4.74 Å². The molecule has 0 radical (unpaired) electrons. The molecule has 2 aliphatic rings. The topological polar surface area (TPSA) is 79.1 Å². The fraction of sp³-hybridized carbons (Fsp3) is 0.333. The Kier molecular flexibility index (Phi) is 6.74. The van der Waals surface area contributed by atoms with Crippen molar-refractivity contribution in [3.8, 4) is 11.3 Å². The molecule has 9 nitrogen and oxygen atoms in total. The van der Waals surface area contributed by atoms with Gasteiger partial charge in [-0.3, -0.25) is 4.79 Å². The standard InChI is InChI=1S/C27H25F4N7O2/c28-19-3-6-21(22(17-19)27(29,30)31)24(39)36-9-11-37(12-10-36)26-33-25-32-8-7-23(38(25)34-26)18-1-4-20(5-2-18)35-13-15-40-16-14-35/h1-8,17H,9-16H2. The number of carbonyl (C=O) groups is 1. The van der Waals surface area contributed by atoms with E-state index in [1.807, 2.05) is 23.1 Å². The Morgan fingerprint density at radius 1 is 0.875 bits per heavy atom. The largest absolute Gasteiger partial charge is 0.417 e. The Balaban J connectivity index is 1.18. The zero-order valence-electron chi connectivity index (χ0n) is 21.3. The molecule has 0 spiro atoms. The van der Waals surface area contributed by atoms with Crippen molar-refractivity contribution < 1.29 is 27.1 Å². The minimum Gasteiger partial charge on any atom is -0.378 e. The molecule has 2 saturated heterocycles.